The number of hydrogen-bond donors (Lipinski definition) is 1. The molecule has 1 fully saturated rings. The van der Waals surface area contributed by atoms with Crippen LogP contribution in [0.5, 0.6) is 0 Å². The molecule has 1 N–H and O–H groups in total. The maximum absolute atomic E-state index is 12.2. The number of ether oxygens (including phenoxy) is 1. The van der Waals surface area contributed by atoms with Crippen molar-refractivity contribution in [2.24, 2.45) is 17.8 Å². The molecule has 4 heteroatoms. The molecule has 0 spiro atoms. The molecule has 3 unspecified atom stereocenters. The summed E-state index contributed by atoms with van der Waals surface area (Å²) in [5.74, 6) is -1.71. The Bertz CT molecular complexity index is 327. The molecular weight excluding hydrogens is 268 g/mol. The lowest BCUT2D eigenvalue weighted by atomic mass is 9.79. The first kappa shape index (κ1) is 18.0. The van der Waals surface area contributed by atoms with E-state index in [1.54, 1.807) is 0 Å². The zero-order valence-corrected chi connectivity index (χ0v) is 13.5. The van der Waals surface area contributed by atoms with Crippen LogP contribution in [0.2, 0.25) is 0 Å². The molecule has 1 aliphatic rings. The third-order valence-corrected chi connectivity index (χ3v) is 4.51. The number of rotatable bonds is 9. The monoisotopic (exact) mass is 298 g/mol. The van der Waals surface area contributed by atoms with Gasteiger partial charge in [0.15, 0.2) is 0 Å². The number of carboxylic acid groups (broad SMARTS) is 1. The first-order valence-electron chi connectivity index (χ1n) is 8.49. The van der Waals surface area contributed by atoms with Gasteiger partial charge >= 0.3 is 11.9 Å². The van der Waals surface area contributed by atoms with Gasteiger partial charge in [-0.05, 0) is 31.6 Å². The molecule has 0 aromatic rings. The zero-order valence-electron chi connectivity index (χ0n) is 13.5. The second kappa shape index (κ2) is 9.80. The average Bonchev–Trinajstić information content (AvgIpc) is 2.49. The molecule has 0 aromatic heterocycles. The normalized spacial score (nSPS) is 23.5. The standard InChI is InChI=1S/C17H30O4/c1-3-5-9-13(8-4-2)12-21-17(20)15-11-7-6-10-14(15)16(18)19/h13-15H,3-12H2,1-2H3,(H,18,19). The number of carbonyl (C=O) groups is 2. The molecule has 4 nitrogen and oxygen atoms in total. The molecule has 1 saturated carbocycles. The van der Waals surface area contributed by atoms with Gasteiger partial charge in [-0.2, -0.15) is 0 Å². The Labute approximate surface area is 128 Å². The minimum Gasteiger partial charge on any atom is -0.481 e. The number of unbranched alkanes of at least 4 members (excludes halogenated alkanes) is 1. The van der Waals surface area contributed by atoms with Crippen LogP contribution in [0.4, 0.5) is 0 Å². The van der Waals surface area contributed by atoms with Crippen molar-refractivity contribution in [3.8, 4) is 0 Å². The summed E-state index contributed by atoms with van der Waals surface area (Å²) in [4.78, 5) is 23.5. The van der Waals surface area contributed by atoms with Gasteiger partial charge in [-0.25, -0.2) is 0 Å². The van der Waals surface area contributed by atoms with Crippen molar-refractivity contribution in [1.82, 2.24) is 0 Å². The van der Waals surface area contributed by atoms with Gasteiger partial charge in [0.1, 0.15) is 0 Å². The number of carboxylic acids is 1. The molecule has 3 atom stereocenters. The zero-order chi connectivity index (χ0) is 15.7. The Kier molecular flexibility index (Phi) is 8.40. The molecule has 1 rings (SSSR count). The largest absolute Gasteiger partial charge is 0.481 e. The van der Waals surface area contributed by atoms with Crippen LogP contribution in [0.15, 0.2) is 0 Å². The van der Waals surface area contributed by atoms with Crippen molar-refractivity contribution in [3.05, 3.63) is 0 Å². The van der Waals surface area contributed by atoms with Crippen molar-refractivity contribution in [2.75, 3.05) is 6.61 Å². The van der Waals surface area contributed by atoms with Crippen LogP contribution in [0.3, 0.4) is 0 Å². The van der Waals surface area contributed by atoms with E-state index in [-0.39, 0.29) is 5.97 Å². The Morgan fingerprint density at radius 2 is 1.76 bits per heavy atom. The van der Waals surface area contributed by atoms with E-state index < -0.39 is 17.8 Å². The van der Waals surface area contributed by atoms with Crippen LogP contribution in [0.25, 0.3) is 0 Å². The van der Waals surface area contributed by atoms with Gasteiger partial charge in [0.2, 0.25) is 0 Å². The maximum Gasteiger partial charge on any atom is 0.309 e. The first-order valence-corrected chi connectivity index (χ1v) is 8.49. The number of aliphatic carboxylic acids is 1. The van der Waals surface area contributed by atoms with Crippen LogP contribution >= 0.6 is 0 Å². The Morgan fingerprint density at radius 1 is 1.10 bits per heavy atom. The molecule has 0 aliphatic heterocycles. The average molecular weight is 298 g/mol. The third-order valence-electron chi connectivity index (χ3n) is 4.51. The number of esters is 1. The van der Waals surface area contributed by atoms with Gasteiger partial charge in [-0.1, -0.05) is 46.0 Å². The second-order valence-corrected chi connectivity index (χ2v) is 6.26. The summed E-state index contributed by atoms with van der Waals surface area (Å²) in [5, 5.41) is 9.23. The lowest BCUT2D eigenvalue weighted by molar-refractivity contribution is -0.160. The minimum atomic E-state index is -0.854. The SMILES string of the molecule is CCCCC(CCC)COC(=O)C1CCCCC1C(=O)O. The quantitative estimate of drug-likeness (QED) is 0.653. The van der Waals surface area contributed by atoms with Crippen LogP contribution in [-0.2, 0) is 14.3 Å². The molecule has 0 saturated heterocycles. The maximum atomic E-state index is 12.2. The van der Waals surface area contributed by atoms with E-state index in [1.165, 1.54) is 0 Å². The summed E-state index contributed by atoms with van der Waals surface area (Å²) in [6.45, 7) is 4.76. The van der Waals surface area contributed by atoms with Crippen molar-refractivity contribution in [3.63, 3.8) is 0 Å². The minimum absolute atomic E-state index is 0.292. The predicted octanol–water partition coefficient (Wildman–Crippen LogP) is 4.03. The Hall–Kier alpha value is -1.06. The first-order chi connectivity index (χ1) is 10.1. The highest BCUT2D eigenvalue weighted by Gasteiger charge is 2.36. The summed E-state index contributed by atoms with van der Waals surface area (Å²) < 4.78 is 5.47. The van der Waals surface area contributed by atoms with Crippen LogP contribution in [0.1, 0.15) is 71.6 Å². The molecule has 0 heterocycles. The molecule has 1 aliphatic carbocycles. The van der Waals surface area contributed by atoms with Gasteiger partial charge in [0.05, 0.1) is 18.4 Å². The van der Waals surface area contributed by atoms with Gasteiger partial charge < -0.3 is 9.84 Å². The van der Waals surface area contributed by atoms with Crippen LogP contribution in [-0.4, -0.2) is 23.7 Å². The van der Waals surface area contributed by atoms with Crippen molar-refractivity contribution in [1.29, 1.82) is 0 Å². The molecule has 122 valence electrons. The van der Waals surface area contributed by atoms with Crippen molar-refractivity contribution in [2.45, 2.75) is 71.6 Å². The topological polar surface area (TPSA) is 63.6 Å². The predicted molar refractivity (Wildman–Crippen MR) is 82.0 cm³/mol. The molecule has 0 bridgehead atoms. The fourth-order valence-corrected chi connectivity index (χ4v) is 3.23. The van der Waals surface area contributed by atoms with Crippen molar-refractivity contribution >= 4 is 11.9 Å². The molecule has 0 amide bonds. The number of hydrogen-bond acceptors (Lipinski definition) is 3. The summed E-state index contributed by atoms with van der Waals surface area (Å²) in [6, 6.07) is 0. The van der Waals surface area contributed by atoms with Crippen LogP contribution in [0, 0.1) is 17.8 Å². The summed E-state index contributed by atoms with van der Waals surface area (Å²) >= 11 is 0. The van der Waals surface area contributed by atoms with E-state index in [0.29, 0.717) is 25.4 Å². The number of carbonyl (C=O) groups excluding carboxylic acids is 1. The van der Waals surface area contributed by atoms with Crippen molar-refractivity contribution < 1.29 is 19.4 Å². The van der Waals surface area contributed by atoms with E-state index in [1.807, 2.05) is 0 Å². The second-order valence-electron chi connectivity index (χ2n) is 6.26. The summed E-state index contributed by atoms with van der Waals surface area (Å²) in [7, 11) is 0. The molecular formula is C17H30O4. The summed E-state index contributed by atoms with van der Waals surface area (Å²) in [5.41, 5.74) is 0. The molecule has 21 heavy (non-hydrogen) atoms. The lowest BCUT2D eigenvalue weighted by Gasteiger charge is -2.27. The van der Waals surface area contributed by atoms with Gasteiger partial charge in [-0.3, -0.25) is 9.59 Å². The Morgan fingerprint density at radius 3 is 2.33 bits per heavy atom. The smallest absolute Gasteiger partial charge is 0.309 e. The highest BCUT2D eigenvalue weighted by atomic mass is 16.5. The Balaban J connectivity index is 2.47. The molecule has 0 radical (unpaired) electrons. The highest BCUT2D eigenvalue weighted by molar-refractivity contribution is 5.81. The van der Waals surface area contributed by atoms with E-state index >= 15 is 0 Å². The van der Waals surface area contributed by atoms with E-state index in [4.69, 9.17) is 4.74 Å². The summed E-state index contributed by atoms with van der Waals surface area (Å²) in [6.07, 6.45) is 8.64. The van der Waals surface area contributed by atoms with E-state index in [0.717, 1.165) is 44.9 Å². The van der Waals surface area contributed by atoms with E-state index in [2.05, 4.69) is 13.8 Å². The van der Waals surface area contributed by atoms with Gasteiger partial charge in [0.25, 0.3) is 0 Å². The lowest BCUT2D eigenvalue weighted by Crippen LogP contribution is -2.34. The fraction of sp³-hybridized carbons (Fsp3) is 0.882. The highest BCUT2D eigenvalue weighted by Crippen LogP contribution is 2.31. The third kappa shape index (κ3) is 6.06. The van der Waals surface area contributed by atoms with Crippen LogP contribution < -0.4 is 0 Å². The van der Waals surface area contributed by atoms with Gasteiger partial charge in [0, 0.05) is 0 Å². The van der Waals surface area contributed by atoms with Gasteiger partial charge in [-0.15, -0.1) is 0 Å². The fourth-order valence-electron chi connectivity index (χ4n) is 3.23. The molecule has 0 aromatic carbocycles. The van der Waals surface area contributed by atoms with E-state index in [9.17, 15) is 14.7 Å².